The van der Waals surface area contributed by atoms with E-state index in [1.165, 1.54) is 6.42 Å². The quantitative estimate of drug-likeness (QED) is 0.0292. The second-order valence-corrected chi connectivity index (χ2v) is 22.8. The fraction of sp³-hybridized carbons (Fsp3) is 0.649. The zero-order chi connectivity index (χ0) is 57.0. The Morgan fingerprint density at radius 1 is 0.759 bits per heavy atom. The van der Waals surface area contributed by atoms with E-state index in [1.807, 2.05) is 53.7 Å². The van der Waals surface area contributed by atoms with Crippen molar-refractivity contribution in [2.24, 2.45) is 23.7 Å². The summed E-state index contributed by atoms with van der Waals surface area (Å²) in [4.78, 5) is 73.8. The smallest absolute Gasteiger partial charge is 0.317 e. The Labute approximate surface area is 464 Å². The zero-order valence-electron chi connectivity index (χ0n) is 47.1. The number of hydrogen-bond acceptors (Lipinski definition) is 16. The van der Waals surface area contributed by atoms with Gasteiger partial charge < -0.3 is 54.5 Å². The van der Waals surface area contributed by atoms with E-state index in [9.17, 15) is 49.8 Å². The number of hydrogen-bond donors (Lipinski definition) is 7. The summed E-state index contributed by atoms with van der Waals surface area (Å²) in [5.74, 6) is -1.96. The molecule has 2 heterocycles. The predicted octanol–water partition coefficient (Wildman–Crippen LogP) is 2.14. The molecule has 0 radical (unpaired) electrons. The highest BCUT2D eigenvalue weighted by Crippen LogP contribution is 2.63. The van der Waals surface area contributed by atoms with Crippen molar-refractivity contribution in [2.45, 2.75) is 76.0 Å². The number of aliphatic carboxylic acids is 3. The van der Waals surface area contributed by atoms with E-state index in [2.05, 4.69) is 24.1 Å². The number of ether oxygens (including phenoxy) is 4. The molecule has 2 saturated heterocycles. The molecule has 4 aliphatic carbocycles. The molecule has 2 aromatic rings. The lowest BCUT2D eigenvalue weighted by Gasteiger charge is -2.62. The van der Waals surface area contributed by atoms with E-state index < -0.39 is 35.1 Å². The monoisotopic (exact) mass is 1100 g/mol. The Hall–Kier alpha value is -5.72. The molecule has 0 aromatic heterocycles. The fourth-order valence-corrected chi connectivity index (χ4v) is 12.8. The number of amides is 2. The number of carbonyl (C=O) groups excluding carboxylic acids is 2. The minimum absolute atomic E-state index is 0.0752. The van der Waals surface area contributed by atoms with Gasteiger partial charge in [-0.3, -0.25) is 54.3 Å². The summed E-state index contributed by atoms with van der Waals surface area (Å²) >= 11 is 0. The first-order valence-corrected chi connectivity index (χ1v) is 28.0. The molecule has 79 heavy (non-hydrogen) atoms. The minimum Gasteiger partial charge on any atom is -0.496 e. The van der Waals surface area contributed by atoms with Gasteiger partial charge in [0.1, 0.15) is 46.4 Å². The molecule has 436 valence electrons. The maximum atomic E-state index is 14.3. The molecule has 2 aliphatic heterocycles. The Kier molecular flexibility index (Phi) is 21.3. The van der Waals surface area contributed by atoms with Crippen LogP contribution >= 0.6 is 0 Å². The fourth-order valence-electron chi connectivity index (χ4n) is 12.8. The number of carboxylic acids is 3. The van der Waals surface area contributed by atoms with Gasteiger partial charge in [-0.1, -0.05) is 19.9 Å². The highest BCUT2D eigenvalue weighted by atomic mass is 16.7. The number of epoxide rings is 1. The number of aliphatic hydroxyl groups is 1. The summed E-state index contributed by atoms with van der Waals surface area (Å²) in [6.45, 7) is 8.84. The highest BCUT2D eigenvalue weighted by molar-refractivity contribution is 6.43. The average Bonchev–Trinajstić information content (AvgIpc) is 3.63. The van der Waals surface area contributed by atoms with Crippen molar-refractivity contribution in [1.82, 2.24) is 34.7 Å². The van der Waals surface area contributed by atoms with E-state index >= 15 is 0 Å². The maximum Gasteiger partial charge on any atom is 0.317 e. The van der Waals surface area contributed by atoms with Crippen LogP contribution in [-0.2, 0) is 28.7 Å². The normalized spacial score (nSPS) is 25.1. The molecule has 1 atom stereocenters. The zero-order valence-corrected chi connectivity index (χ0v) is 47.1. The van der Waals surface area contributed by atoms with Crippen LogP contribution in [0.3, 0.4) is 0 Å². The van der Waals surface area contributed by atoms with Gasteiger partial charge in [0.05, 0.1) is 47.0 Å². The Bertz CT molecular complexity index is 2420. The molecule has 0 unspecified atom stereocenters. The average molecular weight is 1110 g/mol. The largest absolute Gasteiger partial charge is 0.496 e. The Morgan fingerprint density at radius 3 is 1.72 bits per heavy atom. The van der Waals surface area contributed by atoms with Gasteiger partial charge in [0.2, 0.25) is 11.7 Å². The molecular formula is C57H86N9O13+. The molecule has 0 spiro atoms. The topological polar surface area (TPSA) is 278 Å². The lowest BCUT2D eigenvalue weighted by atomic mass is 9.47. The third-order valence-corrected chi connectivity index (χ3v) is 16.8. The number of nitrogens with two attached hydrogens (primary N) is 1. The van der Waals surface area contributed by atoms with E-state index in [1.54, 1.807) is 46.9 Å². The number of carbonyl (C=O) groups is 5. The van der Waals surface area contributed by atoms with Crippen molar-refractivity contribution < 1.29 is 68.7 Å². The van der Waals surface area contributed by atoms with Crippen molar-refractivity contribution in [3.05, 3.63) is 53.6 Å². The molecule has 22 heteroatoms. The van der Waals surface area contributed by atoms with Gasteiger partial charge in [0.15, 0.2) is 5.70 Å². The van der Waals surface area contributed by atoms with Crippen LogP contribution in [0, 0.1) is 29.1 Å². The first-order chi connectivity index (χ1) is 37.7. The third kappa shape index (κ3) is 16.0. The highest BCUT2D eigenvalue weighted by Gasteiger charge is 2.72. The van der Waals surface area contributed by atoms with Gasteiger partial charge >= 0.3 is 17.9 Å². The molecule has 8 N–H and O–H groups in total. The number of nitrogens with one attached hydrogen (secondary N) is 2. The first-order valence-electron chi connectivity index (χ1n) is 28.0. The lowest BCUT2D eigenvalue weighted by molar-refractivity contribution is -0.469. The molecule has 4 bridgehead atoms. The van der Waals surface area contributed by atoms with Gasteiger partial charge in [-0.25, -0.2) is 0 Å². The number of nitrogens with zero attached hydrogens (tertiary/aromatic N) is 6. The molecule has 6 fully saturated rings. The van der Waals surface area contributed by atoms with Crippen molar-refractivity contribution >= 4 is 46.8 Å². The van der Waals surface area contributed by atoms with E-state index in [4.69, 9.17) is 18.9 Å². The number of quaternary nitrogens is 1. The molecule has 8 rings (SSSR count). The van der Waals surface area contributed by atoms with Crippen molar-refractivity contribution in [3.8, 4) is 17.2 Å². The first kappa shape index (κ1) is 60.9. The van der Waals surface area contributed by atoms with E-state index in [0.717, 1.165) is 62.9 Å². The number of likely N-dealkylation sites (N-methyl/N-ethyl adjacent to an activating group) is 1. The second-order valence-electron chi connectivity index (χ2n) is 22.8. The maximum absolute atomic E-state index is 14.3. The van der Waals surface area contributed by atoms with Crippen molar-refractivity contribution in [3.63, 3.8) is 0 Å². The van der Waals surface area contributed by atoms with Gasteiger partial charge in [-0.2, -0.15) is 0 Å². The second kappa shape index (κ2) is 27.6. The molecular weight excluding hydrogens is 1020 g/mol. The SMILES string of the molecule is COc1cccc(OC)c1/C(=C/C(=N)C(=O)NC1([C@]2(O)CO2)C2CC3CC(C2)CC1C3)[NH2+]c1ccc(OCCCN(C)CCCN(C)C(=O)CN2CCN(CC(=O)O)CCN(CC(=O)O)CCN(CC(=O)O)CC2)cc1C(C)C. The summed E-state index contributed by atoms with van der Waals surface area (Å²) in [6.07, 6.45) is 7.98. The van der Waals surface area contributed by atoms with E-state index in [0.29, 0.717) is 106 Å². The molecule has 4 saturated carbocycles. The number of benzene rings is 2. The van der Waals surface area contributed by atoms with Gasteiger partial charge in [0.25, 0.3) is 5.91 Å². The van der Waals surface area contributed by atoms with Crippen LogP contribution < -0.4 is 24.8 Å². The van der Waals surface area contributed by atoms with Crippen LogP contribution in [0.2, 0.25) is 0 Å². The van der Waals surface area contributed by atoms with Gasteiger partial charge in [-0.05, 0) is 112 Å². The van der Waals surface area contributed by atoms with E-state index in [-0.39, 0.29) is 62.2 Å². The Morgan fingerprint density at radius 2 is 1.25 bits per heavy atom. The summed E-state index contributed by atoms with van der Waals surface area (Å²) in [6, 6.07) is 11.4. The minimum atomic E-state index is -1.43. The summed E-state index contributed by atoms with van der Waals surface area (Å²) in [5.41, 5.74) is 1.80. The van der Waals surface area contributed by atoms with Gasteiger partial charge in [-0.15, -0.1) is 0 Å². The molecule has 22 nitrogen and oxygen atoms in total. The van der Waals surface area contributed by atoms with Crippen LogP contribution in [0.5, 0.6) is 17.2 Å². The number of rotatable bonds is 27. The van der Waals surface area contributed by atoms with Crippen LogP contribution in [0.1, 0.15) is 75.8 Å². The summed E-state index contributed by atoms with van der Waals surface area (Å²) in [5, 5.41) is 54.8. The summed E-state index contributed by atoms with van der Waals surface area (Å²) < 4.78 is 23.7. The van der Waals surface area contributed by atoms with Gasteiger partial charge in [0, 0.05) is 90.2 Å². The van der Waals surface area contributed by atoms with Crippen molar-refractivity contribution in [2.75, 3.05) is 140 Å². The van der Waals surface area contributed by atoms with Crippen LogP contribution in [0.15, 0.2) is 42.5 Å². The molecule has 2 aromatic carbocycles. The number of carboxylic acid groups (broad SMARTS) is 3. The third-order valence-electron chi connectivity index (χ3n) is 16.8. The van der Waals surface area contributed by atoms with Crippen LogP contribution in [0.25, 0.3) is 5.70 Å². The lowest BCUT2D eigenvalue weighted by Crippen LogP contribution is -2.75. The summed E-state index contributed by atoms with van der Waals surface area (Å²) in [7, 11) is 6.94. The standard InChI is InChI=1S/C57H85N9O13/c1-38(2)44-31-43(78-25-9-15-61(3)14-8-16-62(4)50(67)33-63-17-19-64(34-51(68)69)21-23-66(36-53(72)73)24-22-65(20-18-63)35-52(70)71)12-13-46(44)59-47(54-48(76-5)10-7-11-49(54)77-6)32-45(58)55(74)60-57(56(75)37-79-56)41-27-39-26-40(29-41)30-42(57)28-39/h7,10-13,31-32,38-42,58-59,75H,8-9,14-30,33-37H2,1-6H3,(H,60,74)(H,68,69)(H,70,71)(H,72,73)/p+1/b47-32-,58-45?/t39?,40?,41?,42?,56-,57?/m0/s1. The van der Waals surface area contributed by atoms with Crippen molar-refractivity contribution in [1.29, 1.82) is 5.41 Å². The van der Waals surface area contributed by atoms with Crippen LogP contribution in [0.4, 0.5) is 5.69 Å². The Balaban J connectivity index is 0.924. The predicted molar refractivity (Wildman–Crippen MR) is 295 cm³/mol. The number of methoxy groups -OCH3 is 2. The molecule has 6 aliphatic rings. The molecule has 2 amide bonds. The van der Waals surface area contributed by atoms with Crippen LogP contribution in [-0.4, -0.2) is 236 Å².